The normalized spacial score (nSPS) is 28.1. The van der Waals surface area contributed by atoms with Gasteiger partial charge in [-0.1, -0.05) is 53.3 Å². The van der Waals surface area contributed by atoms with Gasteiger partial charge in [-0.25, -0.2) is 5.43 Å². The number of benzene rings is 1. The summed E-state index contributed by atoms with van der Waals surface area (Å²) < 4.78 is 14.2. The molecule has 6 bridgehead atoms. The van der Waals surface area contributed by atoms with Crippen molar-refractivity contribution < 1.29 is 23.9 Å². The second kappa shape index (κ2) is 16.8. The van der Waals surface area contributed by atoms with Crippen molar-refractivity contribution in [2.45, 2.75) is 112 Å². The fourth-order valence-electron chi connectivity index (χ4n) is 8.91. The Bertz CT molecular complexity index is 1910. The Balaban J connectivity index is 1.47. The summed E-state index contributed by atoms with van der Waals surface area (Å²) in [5.41, 5.74) is 8.74. The number of fused-ring (bicyclic) bond motifs is 5. The number of hydrazine groups is 1. The number of thioether (sulfide) groups is 1. The number of allylic oxidation sites excluding steroid dienone is 2. The lowest BCUT2D eigenvalue weighted by Gasteiger charge is -2.35. The van der Waals surface area contributed by atoms with E-state index < -0.39 is 23.5 Å². The molecule has 1 aromatic carbocycles. The van der Waals surface area contributed by atoms with Crippen LogP contribution in [0.3, 0.4) is 0 Å². The smallest absolute Gasteiger partial charge is 0.324 e. The number of nitrogens with one attached hydrogen (secondary N) is 2. The molecule has 1 aliphatic carbocycles. The fraction of sp³-hybridized carbons (Fsp3) is 0.605. The van der Waals surface area contributed by atoms with Gasteiger partial charge in [0.25, 0.3) is 5.91 Å². The van der Waals surface area contributed by atoms with Crippen LogP contribution in [0.4, 0.5) is 0 Å². The van der Waals surface area contributed by atoms with Crippen molar-refractivity contribution in [3.8, 4) is 0 Å². The molecule has 12 heteroatoms. The number of esters is 1. The van der Waals surface area contributed by atoms with E-state index in [1.54, 1.807) is 25.1 Å². The van der Waals surface area contributed by atoms with Gasteiger partial charge in [0, 0.05) is 66.4 Å². The van der Waals surface area contributed by atoms with Crippen molar-refractivity contribution in [2.75, 3.05) is 26.0 Å². The molecule has 0 radical (unpaired) electrons. The number of aliphatic imine (C=N–C) groups is 2. The molecule has 1 saturated carbocycles. The predicted octanol–water partition coefficient (Wildman–Crippen LogP) is 6.90. The number of hydrogen-bond donors (Lipinski definition) is 2. The first kappa shape index (κ1) is 40.9. The molecule has 3 aliphatic heterocycles. The lowest BCUT2D eigenvalue weighted by atomic mass is 9.84. The molecule has 6 rings (SSSR count). The Morgan fingerprint density at radius 2 is 2.04 bits per heavy atom. The summed E-state index contributed by atoms with van der Waals surface area (Å²) in [6, 6.07) is 5.00. The van der Waals surface area contributed by atoms with Crippen LogP contribution in [0.1, 0.15) is 97.5 Å². The third-order valence-electron chi connectivity index (χ3n) is 11.9. The molecule has 0 spiro atoms. The minimum atomic E-state index is -0.813. The number of cyclic esters (lactones) is 1. The molecule has 55 heavy (non-hydrogen) atoms. The lowest BCUT2D eigenvalue weighted by Crippen LogP contribution is -2.60. The highest BCUT2D eigenvalue weighted by Gasteiger charge is 2.53. The first-order valence-electron chi connectivity index (χ1n) is 20.0. The fourth-order valence-corrected chi connectivity index (χ4v) is 10.0. The molecule has 4 aliphatic rings. The van der Waals surface area contributed by atoms with Crippen molar-refractivity contribution in [3.63, 3.8) is 0 Å². The SMILES string of the molecule is C=C/C(=C(\N=C/C)[C@H](C)OC)c1c2c3cc(ccc3n1CC)C1CSC(=N1)C[C@H](NC(=O)[C@@H]1[C@H](C)[C@@H]1C(C)C)C(=O)N1CCC[C@H](N1)C(=O)OCC(C)(C)C2. The largest absolute Gasteiger partial charge is 0.464 e. The minimum absolute atomic E-state index is 0.0862. The average molecular weight is 773 g/mol. The molecule has 2 aromatic rings. The van der Waals surface area contributed by atoms with Crippen molar-refractivity contribution in [1.29, 1.82) is 0 Å². The molecular formula is C43H60N6O5S. The summed E-state index contributed by atoms with van der Waals surface area (Å²) >= 11 is 1.64. The van der Waals surface area contributed by atoms with E-state index in [1.807, 2.05) is 19.9 Å². The van der Waals surface area contributed by atoms with Crippen molar-refractivity contribution in [2.24, 2.45) is 39.1 Å². The first-order valence-corrected chi connectivity index (χ1v) is 21.0. The van der Waals surface area contributed by atoms with E-state index in [4.69, 9.17) is 19.5 Å². The Morgan fingerprint density at radius 3 is 2.69 bits per heavy atom. The molecule has 1 aromatic heterocycles. The molecule has 1 unspecified atom stereocenters. The summed E-state index contributed by atoms with van der Waals surface area (Å²) in [6.07, 6.45) is 5.46. The highest BCUT2D eigenvalue weighted by molar-refractivity contribution is 8.14. The van der Waals surface area contributed by atoms with E-state index in [1.165, 1.54) is 5.01 Å². The zero-order valence-corrected chi connectivity index (χ0v) is 34.9. The Labute approximate surface area is 330 Å². The number of amides is 2. The van der Waals surface area contributed by atoms with E-state index in [9.17, 15) is 14.4 Å². The maximum atomic E-state index is 14.2. The van der Waals surface area contributed by atoms with Gasteiger partial charge in [-0.15, -0.1) is 11.8 Å². The van der Waals surface area contributed by atoms with Crippen LogP contribution in [-0.2, 0) is 36.8 Å². The third-order valence-corrected chi connectivity index (χ3v) is 12.9. The van der Waals surface area contributed by atoms with Crippen LogP contribution in [-0.4, -0.2) is 82.8 Å². The third kappa shape index (κ3) is 8.37. The minimum Gasteiger partial charge on any atom is -0.464 e. The number of aromatic nitrogens is 1. The van der Waals surface area contributed by atoms with Crippen molar-refractivity contribution >= 4 is 57.3 Å². The van der Waals surface area contributed by atoms with Crippen LogP contribution in [0.15, 0.2) is 46.5 Å². The van der Waals surface area contributed by atoms with Gasteiger partial charge in [0.1, 0.15) is 12.1 Å². The number of aryl methyl sites for hydroxylation is 1. The van der Waals surface area contributed by atoms with Crippen LogP contribution < -0.4 is 10.7 Å². The van der Waals surface area contributed by atoms with Gasteiger partial charge >= 0.3 is 5.97 Å². The maximum absolute atomic E-state index is 14.2. The van der Waals surface area contributed by atoms with Crippen LogP contribution in [0.5, 0.6) is 0 Å². The molecular weight excluding hydrogens is 713 g/mol. The number of nitrogens with zero attached hydrogens (tertiary/aromatic N) is 4. The summed E-state index contributed by atoms with van der Waals surface area (Å²) in [5, 5.41) is 6.60. The van der Waals surface area contributed by atoms with E-state index in [-0.39, 0.29) is 48.8 Å². The second-order valence-electron chi connectivity index (χ2n) is 16.7. The zero-order valence-electron chi connectivity index (χ0n) is 34.1. The Kier molecular flexibility index (Phi) is 12.5. The molecule has 1 saturated heterocycles. The van der Waals surface area contributed by atoms with Crippen LogP contribution in [0.2, 0.25) is 0 Å². The number of hydrogen-bond acceptors (Lipinski definition) is 9. The average Bonchev–Trinajstić information content (AvgIpc) is 3.48. The number of ether oxygens (including phenoxy) is 2. The van der Waals surface area contributed by atoms with E-state index >= 15 is 0 Å². The van der Waals surface area contributed by atoms with Crippen LogP contribution >= 0.6 is 11.8 Å². The number of rotatable bonds is 9. The highest BCUT2D eigenvalue weighted by atomic mass is 32.2. The molecule has 7 atom stereocenters. The highest BCUT2D eigenvalue weighted by Crippen LogP contribution is 2.51. The summed E-state index contributed by atoms with van der Waals surface area (Å²) in [5.74, 6) is 0.824. The van der Waals surface area contributed by atoms with Gasteiger partial charge in [0.15, 0.2) is 0 Å². The van der Waals surface area contributed by atoms with Gasteiger partial charge in [0.2, 0.25) is 5.91 Å². The van der Waals surface area contributed by atoms with E-state index in [0.29, 0.717) is 44.2 Å². The van der Waals surface area contributed by atoms with Crippen molar-refractivity contribution in [3.05, 3.63) is 53.4 Å². The molecule has 2 fully saturated rings. The Morgan fingerprint density at radius 1 is 1.27 bits per heavy atom. The van der Waals surface area contributed by atoms with Gasteiger partial charge in [-0.2, -0.15) is 0 Å². The molecule has 11 nitrogen and oxygen atoms in total. The maximum Gasteiger partial charge on any atom is 0.324 e. The van der Waals surface area contributed by atoms with Gasteiger partial charge < -0.3 is 19.4 Å². The van der Waals surface area contributed by atoms with E-state index in [0.717, 1.165) is 49.8 Å². The zero-order chi connectivity index (χ0) is 39.8. The molecule has 2 N–H and O–H groups in total. The summed E-state index contributed by atoms with van der Waals surface area (Å²) in [6.45, 7) is 22.3. The van der Waals surface area contributed by atoms with Crippen molar-refractivity contribution in [1.82, 2.24) is 20.3 Å². The first-order chi connectivity index (χ1) is 26.2. The van der Waals surface area contributed by atoms with E-state index in [2.05, 4.69) is 81.6 Å². The second-order valence-corrected chi connectivity index (χ2v) is 17.8. The number of carbonyl (C=O) groups excluding carboxylic acids is 3. The molecule has 4 heterocycles. The van der Waals surface area contributed by atoms with Gasteiger partial charge in [0.05, 0.1) is 35.2 Å². The molecule has 298 valence electrons. The lowest BCUT2D eigenvalue weighted by molar-refractivity contribution is -0.155. The van der Waals surface area contributed by atoms with Gasteiger partial charge in [-0.05, 0) is 81.0 Å². The predicted molar refractivity (Wildman–Crippen MR) is 222 cm³/mol. The number of methoxy groups -OCH3 is 1. The summed E-state index contributed by atoms with van der Waals surface area (Å²) in [7, 11) is 1.69. The van der Waals surface area contributed by atoms with Gasteiger partial charge in [-0.3, -0.25) is 29.4 Å². The summed E-state index contributed by atoms with van der Waals surface area (Å²) in [4.78, 5) is 51.6. The van der Waals surface area contributed by atoms with Crippen LogP contribution in [0, 0.1) is 29.1 Å². The molecule has 2 amide bonds. The van der Waals surface area contributed by atoms with Crippen LogP contribution in [0.25, 0.3) is 16.5 Å². The monoisotopic (exact) mass is 772 g/mol. The topological polar surface area (TPSA) is 127 Å². The standard InChI is InChI=1S/C43H60N6O5S/c1-11-28(38(44-12-2)26(7)53-10)39-30-21-43(8,9)23-54-42(52)31-15-14-18-49(47-31)41(51)32(46-40(50)37-25(6)36(37)24(4)5)20-35-45-33(22-55-35)27-16-17-34(29(30)19-27)48(39)13-3/h11-12,16-17,19,24-26,31-33,36-37,47H,1,13-15,18,20-23H2,2-10H3,(H,46,50)/b38-28+,44-12-/t25-,26+,31+,32+,33?,36+,37-/m1/s1. The quantitative estimate of drug-likeness (QED) is 0.161. The number of carbonyl (C=O) groups is 3. The Hall–Kier alpha value is -3.74.